The molecular formula is H8BaCaClMgO4P. The first-order chi connectivity index (χ1) is 2.56. The van der Waals surface area contributed by atoms with Crippen LogP contribution in [-0.4, -0.2) is 119 Å². The monoisotopic (exact) mass is 340 g/mol. The molecule has 0 aliphatic rings. The van der Waals surface area contributed by atoms with Crippen LogP contribution in [0.1, 0.15) is 8.56 Å². The fraction of sp³-hybridized carbons (Fsp3) is 0. The number of hydrogen-bond acceptors (Lipinski definition) is 2. The Hall–Kier alpha value is 4.00. The fourth-order valence-corrected chi connectivity index (χ4v) is 0. The molecule has 0 rings (SSSR count). The molecule has 4 nitrogen and oxygen atoms in total. The summed E-state index contributed by atoms with van der Waals surface area (Å²) in [6, 6.07) is 0. The van der Waals surface area contributed by atoms with E-state index in [2.05, 4.69) is 15.9 Å². The normalized spacial score (nSPS) is 7.89. The average molecular weight is 340 g/mol. The van der Waals surface area contributed by atoms with Gasteiger partial charge in [0.25, 0.3) is 0 Å². The van der Waals surface area contributed by atoms with Crippen LogP contribution >= 0.6 is 19.7 Å². The van der Waals surface area contributed by atoms with E-state index in [9.17, 15) is 4.57 Å². The third-order valence-electron chi connectivity index (χ3n) is 0.0899. The van der Waals surface area contributed by atoms with Gasteiger partial charge in [0.2, 0.25) is 0 Å². The summed E-state index contributed by atoms with van der Waals surface area (Å²) in [7, 11) is -4.38. The molecule has 0 atom stereocenters. The smallest absolute Gasteiger partial charge is 1.00 e. The van der Waals surface area contributed by atoms with Gasteiger partial charge in [0.05, 0.1) is 11.9 Å². The Morgan fingerprint density at radius 3 is 1.67 bits per heavy atom. The standard InChI is InChI=1S/Ba.Ca.ClH2O4P.Mg.6H/c;;1-5-6(2,3)4;;;;;;;/h;;(H2,2,3,4);;;;;;;/q2*+2;;+2;6*-1. The minimum atomic E-state index is -4.38. The van der Waals surface area contributed by atoms with Gasteiger partial charge in [-0.1, -0.05) is 0 Å². The molecule has 0 bridgehead atoms. The van der Waals surface area contributed by atoms with Gasteiger partial charge in [0.1, 0.15) is 0 Å². The van der Waals surface area contributed by atoms with E-state index >= 15 is 0 Å². The van der Waals surface area contributed by atoms with Crippen LogP contribution in [0.3, 0.4) is 0 Å². The third-order valence-corrected chi connectivity index (χ3v) is 0.809. The summed E-state index contributed by atoms with van der Waals surface area (Å²) in [4.78, 5) is 15.2. The molecule has 2 N–H and O–H groups in total. The molecule has 50 valence electrons. The summed E-state index contributed by atoms with van der Waals surface area (Å²) >= 11 is 4.21. The summed E-state index contributed by atoms with van der Waals surface area (Å²) in [5, 5.41) is 0. The Bertz CT molecular complexity index is 99.2. The Kier molecular flexibility index (Phi) is 30.8. The van der Waals surface area contributed by atoms with Crippen molar-refractivity contribution in [3.8, 4) is 0 Å². The van der Waals surface area contributed by atoms with Gasteiger partial charge in [-0.3, -0.25) is 0 Å². The second-order valence-electron chi connectivity index (χ2n) is 0.560. The van der Waals surface area contributed by atoms with Gasteiger partial charge in [0, 0.05) is 0 Å². The van der Waals surface area contributed by atoms with Crippen molar-refractivity contribution < 1.29 is 27.0 Å². The van der Waals surface area contributed by atoms with Crippen molar-refractivity contribution in [1.29, 1.82) is 0 Å². The first kappa shape index (κ1) is 23.1. The second kappa shape index (κ2) is 12.0. The van der Waals surface area contributed by atoms with Crippen LogP contribution in [0.15, 0.2) is 0 Å². The van der Waals surface area contributed by atoms with E-state index in [4.69, 9.17) is 9.79 Å². The molecule has 0 spiro atoms. The molecule has 0 aromatic rings. The van der Waals surface area contributed by atoms with E-state index in [0.717, 1.165) is 0 Å². The van der Waals surface area contributed by atoms with Gasteiger partial charge in [-0.25, -0.2) is 4.57 Å². The topological polar surface area (TPSA) is 66.8 Å². The van der Waals surface area contributed by atoms with Gasteiger partial charge in [-0.15, -0.1) is 0 Å². The summed E-state index contributed by atoms with van der Waals surface area (Å²) in [6.07, 6.45) is 0. The average Bonchev–Trinajstić information content (AvgIpc) is 1.35. The van der Waals surface area contributed by atoms with Crippen molar-refractivity contribution in [3.05, 3.63) is 0 Å². The van der Waals surface area contributed by atoms with E-state index in [-0.39, 0.29) is 118 Å². The maximum Gasteiger partial charge on any atom is 2.00 e. The predicted molar refractivity (Wildman–Crippen MR) is 42.9 cm³/mol. The molecule has 0 saturated heterocycles. The molecule has 0 aliphatic carbocycles. The molecule has 0 heterocycles. The van der Waals surface area contributed by atoms with Crippen molar-refractivity contribution >= 4 is 129 Å². The molecular weight excluding hydrogens is 332 g/mol. The molecule has 0 aliphatic heterocycles. The van der Waals surface area contributed by atoms with Gasteiger partial charge >= 0.3 is 117 Å². The van der Waals surface area contributed by atoms with Crippen molar-refractivity contribution in [1.82, 2.24) is 0 Å². The minimum absolute atomic E-state index is 0. The zero-order valence-corrected chi connectivity index (χ0v) is 14.4. The molecule has 0 aromatic heterocycles. The maximum absolute atomic E-state index is 9.34. The van der Waals surface area contributed by atoms with Gasteiger partial charge in [-0.05, 0) is 0 Å². The first-order valence-corrected chi connectivity index (χ1v) is 2.76. The van der Waals surface area contributed by atoms with Crippen LogP contribution in [0.5, 0.6) is 0 Å². The summed E-state index contributed by atoms with van der Waals surface area (Å²) in [5.41, 5.74) is 0. The van der Waals surface area contributed by atoms with Crippen LogP contribution in [0, 0.1) is 0 Å². The van der Waals surface area contributed by atoms with Gasteiger partial charge in [0.15, 0.2) is 0 Å². The Balaban J connectivity index is -0.00000000347. The molecule has 0 amide bonds. The van der Waals surface area contributed by atoms with Crippen LogP contribution in [0.4, 0.5) is 0 Å². The number of rotatable bonds is 1. The quantitative estimate of drug-likeness (QED) is 0.512. The van der Waals surface area contributed by atoms with Crippen LogP contribution in [-0.2, 0) is 8.64 Å². The van der Waals surface area contributed by atoms with Crippen molar-refractivity contribution in [2.45, 2.75) is 0 Å². The second-order valence-corrected chi connectivity index (χ2v) is 2.09. The Morgan fingerprint density at radius 2 is 1.67 bits per heavy atom. The number of hydrogen-bond donors (Lipinski definition) is 2. The van der Waals surface area contributed by atoms with Crippen LogP contribution in [0.25, 0.3) is 0 Å². The number of halogens is 1. The fourth-order valence-electron chi connectivity index (χ4n) is 0. The van der Waals surface area contributed by atoms with Gasteiger partial charge < -0.3 is 18.3 Å². The third kappa shape index (κ3) is 24.5. The van der Waals surface area contributed by atoms with E-state index in [1.807, 2.05) is 0 Å². The first-order valence-electron chi connectivity index (χ1n) is 0.919. The summed E-state index contributed by atoms with van der Waals surface area (Å²) in [6.45, 7) is 0. The molecule has 0 saturated carbocycles. The molecule has 9 heavy (non-hydrogen) atoms. The SMILES string of the molecule is O=P(O)(O)OCl.[Ba+2].[Ca+2].[H-].[H-].[H-].[H-].[H-].[H-].[Mg+2]. The summed E-state index contributed by atoms with van der Waals surface area (Å²) < 4.78 is 12.4. The Labute approximate surface area is 153 Å². The van der Waals surface area contributed by atoms with E-state index in [1.165, 1.54) is 0 Å². The molecule has 0 radical (unpaired) electrons. The minimum Gasteiger partial charge on any atom is -1.00 e. The zero-order chi connectivity index (χ0) is 5.21. The van der Waals surface area contributed by atoms with Crippen LogP contribution < -0.4 is 0 Å². The van der Waals surface area contributed by atoms with Crippen molar-refractivity contribution in [2.24, 2.45) is 0 Å². The molecule has 0 unspecified atom stereocenters. The van der Waals surface area contributed by atoms with Crippen LogP contribution in [0.2, 0.25) is 0 Å². The zero-order valence-electron chi connectivity index (χ0n) is 10.7. The summed E-state index contributed by atoms with van der Waals surface area (Å²) in [5.74, 6) is 0. The largest absolute Gasteiger partial charge is 2.00 e. The van der Waals surface area contributed by atoms with E-state index in [0.29, 0.717) is 0 Å². The van der Waals surface area contributed by atoms with E-state index in [1.54, 1.807) is 0 Å². The molecule has 9 heteroatoms. The van der Waals surface area contributed by atoms with E-state index < -0.39 is 7.82 Å². The van der Waals surface area contributed by atoms with Gasteiger partial charge in [-0.2, -0.15) is 4.08 Å². The van der Waals surface area contributed by atoms with Crippen molar-refractivity contribution in [2.75, 3.05) is 0 Å². The molecule has 0 fully saturated rings. The Morgan fingerprint density at radius 1 is 1.56 bits per heavy atom. The molecule has 0 aromatic carbocycles. The predicted octanol–water partition coefficient (Wildman–Crippen LogP) is -0.218. The maximum atomic E-state index is 9.34. The number of phosphoric acid groups is 1. The van der Waals surface area contributed by atoms with Crippen molar-refractivity contribution in [3.63, 3.8) is 0 Å².